The van der Waals surface area contributed by atoms with Crippen molar-refractivity contribution in [3.8, 4) is 5.69 Å². The van der Waals surface area contributed by atoms with Gasteiger partial charge in [-0.05, 0) is 43.9 Å². The molecule has 3 aromatic rings. The molecule has 0 saturated carbocycles. The molecule has 160 valence electrons. The minimum absolute atomic E-state index is 0.0116. The predicted molar refractivity (Wildman–Crippen MR) is 117 cm³/mol. The van der Waals surface area contributed by atoms with E-state index >= 15 is 0 Å². The summed E-state index contributed by atoms with van der Waals surface area (Å²) in [6, 6.07) is 15.9. The number of rotatable bonds is 5. The fourth-order valence-corrected chi connectivity index (χ4v) is 4.12. The quantitative estimate of drug-likeness (QED) is 0.593. The predicted octanol–water partition coefficient (Wildman–Crippen LogP) is 3.33. The van der Waals surface area contributed by atoms with E-state index in [1.807, 2.05) is 11.0 Å². The number of ether oxygens (including phenoxy) is 1. The zero-order chi connectivity index (χ0) is 21.8. The monoisotopic (exact) mass is 419 g/mol. The van der Waals surface area contributed by atoms with Gasteiger partial charge in [0, 0.05) is 18.0 Å². The van der Waals surface area contributed by atoms with Crippen LogP contribution in [-0.2, 0) is 9.53 Å². The Morgan fingerprint density at radius 3 is 2.48 bits per heavy atom. The molecule has 4 rings (SSSR count). The first-order chi connectivity index (χ1) is 15.1. The number of esters is 1. The summed E-state index contributed by atoms with van der Waals surface area (Å²) in [5, 5.41) is 5.06. The lowest BCUT2D eigenvalue weighted by atomic mass is 10.00. The van der Waals surface area contributed by atoms with Crippen molar-refractivity contribution >= 4 is 22.6 Å². The van der Waals surface area contributed by atoms with Crippen LogP contribution in [0.1, 0.15) is 43.1 Å². The lowest BCUT2D eigenvalue weighted by Crippen LogP contribution is -2.45. The van der Waals surface area contributed by atoms with E-state index in [1.165, 1.54) is 4.68 Å². The molecule has 1 aliphatic heterocycles. The first-order valence-electron chi connectivity index (χ1n) is 10.6. The molecule has 1 aromatic heterocycles. The summed E-state index contributed by atoms with van der Waals surface area (Å²) in [4.78, 5) is 40.3. The molecule has 1 unspecified atom stereocenters. The molecular formula is C24H25N3O4. The topological polar surface area (TPSA) is 81.5 Å². The molecule has 0 bridgehead atoms. The van der Waals surface area contributed by atoms with Crippen molar-refractivity contribution in [2.45, 2.75) is 38.6 Å². The van der Waals surface area contributed by atoms with Crippen molar-refractivity contribution in [3.05, 3.63) is 70.6 Å². The summed E-state index contributed by atoms with van der Waals surface area (Å²) in [5.41, 5.74) is 0.230. The van der Waals surface area contributed by atoms with Crippen molar-refractivity contribution in [2.24, 2.45) is 0 Å². The van der Waals surface area contributed by atoms with Crippen LogP contribution in [0.3, 0.4) is 0 Å². The second kappa shape index (κ2) is 9.12. The third kappa shape index (κ3) is 4.21. The second-order valence-electron chi connectivity index (χ2n) is 7.67. The highest BCUT2D eigenvalue weighted by atomic mass is 16.5. The summed E-state index contributed by atoms with van der Waals surface area (Å²) in [5.74, 6) is -0.917. The van der Waals surface area contributed by atoms with Crippen LogP contribution in [0.2, 0.25) is 0 Å². The second-order valence-corrected chi connectivity index (χ2v) is 7.67. The highest BCUT2D eigenvalue weighted by Crippen LogP contribution is 2.20. The van der Waals surface area contributed by atoms with Gasteiger partial charge in [0.05, 0.1) is 11.1 Å². The molecular weight excluding hydrogens is 394 g/mol. The van der Waals surface area contributed by atoms with Crippen LogP contribution in [0.4, 0.5) is 0 Å². The zero-order valence-corrected chi connectivity index (χ0v) is 17.5. The molecule has 0 N–H and O–H groups in total. The maximum absolute atomic E-state index is 12.9. The maximum atomic E-state index is 12.9. The van der Waals surface area contributed by atoms with Crippen molar-refractivity contribution in [1.82, 2.24) is 14.7 Å². The normalized spacial score (nSPS) is 16.3. The first-order valence-corrected chi connectivity index (χ1v) is 10.6. The van der Waals surface area contributed by atoms with Crippen molar-refractivity contribution in [3.63, 3.8) is 0 Å². The van der Waals surface area contributed by atoms with Gasteiger partial charge in [-0.25, -0.2) is 4.79 Å². The lowest BCUT2D eigenvalue weighted by Gasteiger charge is -2.35. The van der Waals surface area contributed by atoms with Gasteiger partial charge in [0.2, 0.25) is 0 Å². The molecule has 2 aromatic carbocycles. The number of para-hydroxylation sites is 1. The molecule has 1 aliphatic rings. The number of carbonyl (C=O) groups excluding carboxylic acids is 2. The number of fused-ring (bicyclic) bond motifs is 1. The number of piperidine rings is 1. The molecule has 1 fully saturated rings. The number of carbonyl (C=O) groups is 2. The van der Waals surface area contributed by atoms with Gasteiger partial charge in [-0.2, -0.15) is 9.78 Å². The highest BCUT2D eigenvalue weighted by Gasteiger charge is 2.27. The van der Waals surface area contributed by atoms with Gasteiger partial charge in [0.15, 0.2) is 12.3 Å². The molecule has 31 heavy (non-hydrogen) atoms. The van der Waals surface area contributed by atoms with Crippen LogP contribution in [0.5, 0.6) is 0 Å². The van der Waals surface area contributed by atoms with Crippen LogP contribution >= 0.6 is 0 Å². The van der Waals surface area contributed by atoms with Crippen LogP contribution in [0.25, 0.3) is 16.5 Å². The van der Waals surface area contributed by atoms with E-state index in [0.717, 1.165) is 25.7 Å². The van der Waals surface area contributed by atoms with Gasteiger partial charge in [0.25, 0.3) is 11.5 Å². The Balaban J connectivity index is 1.63. The van der Waals surface area contributed by atoms with Crippen LogP contribution in [-0.4, -0.2) is 45.8 Å². The number of hydrogen-bond donors (Lipinski definition) is 0. The molecule has 7 nitrogen and oxygen atoms in total. The number of likely N-dealkylation sites (tertiary alicyclic amines) is 1. The number of amides is 1. The molecule has 0 radical (unpaired) electrons. The highest BCUT2D eigenvalue weighted by molar-refractivity contribution is 6.02. The summed E-state index contributed by atoms with van der Waals surface area (Å²) in [6.45, 7) is 2.41. The van der Waals surface area contributed by atoms with Crippen molar-refractivity contribution < 1.29 is 14.3 Å². The average molecular weight is 419 g/mol. The third-order valence-corrected chi connectivity index (χ3v) is 5.74. The summed E-state index contributed by atoms with van der Waals surface area (Å²) >= 11 is 0. The van der Waals surface area contributed by atoms with Crippen molar-refractivity contribution in [2.75, 3.05) is 13.2 Å². The molecule has 1 saturated heterocycles. The minimum atomic E-state index is -0.723. The Morgan fingerprint density at radius 2 is 1.74 bits per heavy atom. The van der Waals surface area contributed by atoms with E-state index in [1.54, 1.807) is 48.5 Å². The fourth-order valence-electron chi connectivity index (χ4n) is 4.12. The zero-order valence-electron chi connectivity index (χ0n) is 17.5. The standard InChI is InChI=1S/C24H25N3O4/c1-2-17-10-8-9-15-26(17)21(28)16-31-24(30)22-19-13-6-7-14-20(19)23(29)27(25-22)18-11-4-3-5-12-18/h3-7,11-14,17H,2,8-10,15-16H2,1H3. The SMILES string of the molecule is CCC1CCCCN1C(=O)COC(=O)c1nn(-c2ccccc2)c(=O)c2ccccc12. The van der Waals surface area contributed by atoms with Crippen LogP contribution in [0, 0.1) is 0 Å². The molecule has 2 heterocycles. The summed E-state index contributed by atoms with van der Waals surface area (Å²) < 4.78 is 6.56. The smallest absolute Gasteiger partial charge is 0.359 e. The number of benzene rings is 2. The third-order valence-electron chi connectivity index (χ3n) is 5.74. The Labute approximate surface area is 180 Å². The van der Waals surface area contributed by atoms with E-state index in [4.69, 9.17) is 4.74 Å². The van der Waals surface area contributed by atoms with Gasteiger partial charge in [0.1, 0.15) is 0 Å². The van der Waals surface area contributed by atoms with E-state index in [0.29, 0.717) is 23.0 Å². The van der Waals surface area contributed by atoms with E-state index in [9.17, 15) is 14.4 Å². The Morgan fingerprint density at radius 1 is 1.03 bits per heavy atom. The fraction of sp³-hybridized carbons (Fsp3) is 0.333. The molecule has 7 heteroatoms. The molecule has 0 aliphatic carbocycles. The average Bonchev–Trinajstić information content (AvgIpc) is 2.83. The van der Waals surface area contributed by atoms with E-state index in [2.05, 4.69) is 12.0 Å². The number of aromatic nitrogens is 2. The summed E-state index contributed by atoms with van der Waals surface area (Å²) in [6.07, 6.45) is 3.93. The minimum Gasteiger partial charge on any atom is -0.451 e. The largest absolute Gasteiger partial charge is 0.451 e. The van der Waals surface area contributed by atoms with Gasteiger partial charge in [-0.1, -0.05) is 43.3 Å². The van der Waals surface area contributed by atoms with E-state index < -0.39 is 5.97 Å². The van der Waals surface area contributed by atoms with Gasteiger partial charge < -0.3 is 9.64 Å². The van der Waals surface area contributed by atoms with Gasteiger partial charge >= 0.3 is 5.97 Å². The number of nitrogens with zero attached hydrogens (tertiary/aromatic N) is 3. The Kier molecular flexibility index (Phi) is 6.11. The Bertz CT molecular complexity index is 1160. The molecule has 1 atom stereocenters. The summed E-state index contributed by atoms with van der Waals surface area (Å²) in [7, 11) is 0. The number of hydrogen-bond acceptors (Lipinski definition) is 5. The molecule has 1 amide bonds. The van der Waals surface area contributed by atoms with Crippen molar-refractivity contribution in [1.29, 1.82) is 0 Å². The maximum Gasteiger partial charge on any atom is 0.359 e. The first kappa shape index (κ1) is 20.8. The van der Waals surface area contributed by atoms with Gasteiger partial charge in [-0.15, -0.1) is 0 Å². The van der Waals surface area contributed by atoms with Crippen LogP contribution < -0.4 is 5.56 Å². The molecule has 0 spiro atoms. The van der Waals surface area contributed by atoms with Crippen LogP contribution in [0.15, 0.2) is 59.4 Å². The van der Waals surface area contributed by atoms with E-state index in [-0.39, 0.29) is 29.8 Å². The Hall–Kier alpha value is -3.48. The lowest BCUT2D eigenvalue weighted by molar-refractivity contribution is -0.138. The van der Waals surface area contributed by atoms with Gasteiger partial charge in [-0.3, -0.25) is 9.59 Å².